The molecule has 64 valence electrons. The van der Waals surface area contributed by atoms with Crippen molar-refractivity contribution < 1.29 is 4.79 Å². The van der Waals surface area contributed by atoms with Crippen molar-refractivity contribution in [1.29, 1.82) is 0 Å². The summed E-state index contributed by atoms with van der Waals surface area (Å²) in [5.74, 6) is 1.82. The van der Waals surface area contributed by atoms with E-state index in [1.54, 1.807) is 0 Å². The van der Waals surface area contributed by atoms with Crippen LogP contribution in [0.2, 0.25) is 0 Å². The number of carbonyl (C=O) groups is 1. The van der Waals surface area contributed by atoms with Crippen molar-refractivity contribution in [2.24, 2.45) is 17.8 Å². The van der Waals surface area contributed by atoms with E-state index in [0.29, 0.717) is 11.8 Å². The lowest BCUT2D eigenvalue weighted by molar-refractivity contribution is -0.127. The summed E-state index contributed by atoms with van der Waals surface area (Å²) in [4.78, 5) is 11.1. The van der Waals surface area contributed by atoms with Gasteiger partial charge in [0.05, 0.1) is 0 Å². The molecule has 2 unspecified atom stereocenters. The molecular formula is C9H17NO. The second-order valence-corrected chi connectivity index (χ2v) is 3.89. The summed E-state index contributed by atoms with van der Waals surface area (Å²) in [5, 5.41) is 2.92. The first-order valence-corrected chi connectivity index (χ1v) is 4.39. The molecule has 0 aromatic rings. The van der Waals surface area contributed by atoms with Crippen LogP contribution in [0.5, 0.6) is 0 Å². The standard InChI is InChI=1S/C9H17NO/c1-6(2)8-4-7(3)9(11)10-5-8/h6-8H,4-5H2,1-3H3,(H,10,11). The van der Waals surface area contributed by atoms with Crippen LogP contribution in [0.1, 0.15) is 27.2 Å². The summed E-state index contributed by atoms with van der Waals surface area (Å²) in [6.07, 6.45) is 1.06. The molecule has 1 N–H and O–H groups in total. The number of amides is 1. The van der Waals surface area contributed by atoms with Gasteiger partial charge < -0.3 is 5.32 Å². The second-order valence-electron chi connectivity index (χ2n) is 3.89. The lowest BCUT2D eigenvalue weighted by atomic mass is 9.84. The second kappa shape index (κ2) is 3.24. The molecule has 11 heavy (non-hydrogen) atoms. The van der Waals surface area contributed by atoms with E-state index in [4.69, 9.17) is 0 Å². The van der Waals surface area contributed by atoms with Crippen molar-refractivity contribution in [2.75, 3.05) is 6.54 Å². The van der Waals surface area contributed by atoms with Crippen LogP contribution in [0.3, 0.4) is 0 Å². The highest BCUT2D eigenvalue weighted by Gasteiger charge is 2.26. The van der Waals surface area contributed by atoms with E-state index in [0.717, 1.165) is 13.0 Å². The molecule has 0 radical (unpaired) electrons. The molecular weight excluding hydrogens is 138 g/mol. The molecule has 1 fully saturated rings. The van der Waals surface area contributed by atoms with Gasteiger partial charge in [0.15, 0.2) is 0 Å². The van der Waals surface area contributed by atoms with Crippen LogP contribution in [0.15, 0.2) is 0 Å². The third-order valence-electron chi connectivity index (χ3n) is 2.59. The van der Waals surface area contributed by atoms with Crippen molar-refractivity contribution in [2.45, 2.75) is 27.2 Å². The van der Waals surface area contributed by atoms with Crippen LogP contribution in [-0.4, -0.2) is 12.5 Å². The van der Waals surface area contributed by atoms with Crippen LogP contribution in [0.25, 0.3) is 0 Å². The quantitative estimate of drug-likeness (QED) is 0.609. The van der Waals surface area contributed by atoms with Gasteiger partial charge in [-0.25, -0.2) is 0 Å². The summed E-state index contributed by atoms with van der Waals surface area (Å²) in [6.45, 7) is 7.31. The fourth-order valence-corrected chi connectivity index (χ4v) is 1.56. The average molecular weight is 155 g/mol. The van der Waals surface area contributed by atoms with Crippen molar-refractivity contribution in [1.82, 2.24) is 5.32 Å². The van der Waals surface area contributed by atoms with Gasteiger partial charge in [-0.15, -0.1) is 0 Å². The van der Waals surface area contributed by atoms with E-state index < -0.39 is 0 Å². The SMILES string of the molecule is CC1CC(C(C)C)CNC1=O. The monoisotopic (exact) mass is 155 g/mol. The van der Waals surface area contributed by atoms with Gasteiger partial charge >= 0.3 is 0 Å². The van der Waals surface area contributed by atoms with E-state index in [1.165, 1.54) is 0 Å². The number of piperidine rings is 1. The third kappa shape index (κ3) is 1.95. The molecule has 1 heterocycles. The van der Waals surface area contributed by atoms with E-state index in [-0.39, 0.29) is 11.8 Å². The first-order valence-electron chi connectivity index (χ1n) is 4.39. The minimum absolute atomic E-state index is 0.219. The number of carbonyl (C=O) groups excluding carboxylic acids is 1. The van der Waals surface area contributed by atoms with Crippen molar-refractivity contribution in [3.63, 3.8) is 0 Å². The summed E-state index contributed by atoms with van der Waals surface area (Å²) < 4.78 is 0. The zero-order valence-electron chi connectivity index (χ0n) is 7.55. The van der Waals surface area contributed by atoms with Gasteiger partial charge in [0.25, 0.3) is 0 Å². The van der Waals surface area contributed by atoms with Crippen LogP contribution >= 0.6 is 0 Å². The van der Waals surface area contributed by atoms with E-state index in [1.807, 2.05) is 6.92 Å². The molecule has 1 aliphatic rings. The zero-order chi connectivity index (χ0) is 8.43. The molecule has 0 spiro atoms. The molecule has 1 amide bonds. The summed E-state index contributed by atoms with van der Waals surface area (Å²) in [5.41, 5.74) is 0. The summed E-state index contributed by atoms with van der Waals surface area (Å²) in [7, 11) is 0. The summed E-state index contributed by atoms with van der Waals surface area (Å²) >= 11 is 0. The fraction of sp³-hybridized carbons (Fsp3) is 0.889. The molecule has 2 heteroatoms. The Morgan fingerprint density at radius 3 is 2.64 bits per heavy atom. The lowest BCUT2D eigenvalue weighted by Crippen LogP contribution is -2.41. The maximum atomic E-state index is 11.1. The fourth-order valence-electron chi connectivity index (χ4n) is 1.56. The minimum atomic E-state index is 0.219. The molecule has 1 aliphatic heterocycles. The Labute approximate surface area is 68.4 Å². The van der Waals surface area contributed by atoms with Gasteiger partial charge in [-0.05, 0) is 18.3 Å². The van der Waals surface area contributed by atoms with Crippen LogP contribution in [0, 0.1) is 17.8 Å². The van der Waals surface area contributed by atoms with Crippen molar-refractivity contribution >= 4 is 5.91 Å². The van der Waals surface area contributed by atoms with Crippen LogP contribution < -0.4 is 5.32 Å². The molecule has 0 aromatic heterocycles. The Kier molecular flexibility index (Phi) is 2.53. The van der Waals surface area contributed by atoms with Gasteiger partial charge in [-0.2, -0.15) is 0 Å². The maximum Gasteiger partial charge on any atom is 0.222 e. The maximum absolute atomic E-state index is 11.1. The molecule has 0 aliphatic carbocycles. The highest BCUT2D eigenvalue weighted by Crippen LogP contribution is 2.22. The van der Waals surface area contributed by atoms with E-state index in [9.17, 15) is 4.79 Å². The smallest absolute Gasteiger partial charge is 0.222 e. The number of nitrogens with one attached hydrogen (secondary N) is 1. The van der Waals surface area contributed by atoms with Gasteiger partial charge in [-0.3, -0.25) is 4.79 Å². The highest BCUT2D eigenvalue weighted by atomic mass is 16.1. The van der Waals surface area contributed by atoms with Crippen molar-refractivity contribution in [3.05, 3.63) is 0 Å². The molecule has 1 rings (SSSR count). The Morgan fingerprint density at radius 2 is 2.18 bits per heavy atom. The van der Waals surface area contributed by atoms with Gasteiger partial charge in [0, 0.05) is 12.5 Å². The minimum Gasteiger partial charge on any atom is -0.356 e. The first kappa shape index (κ1) is 8.57. The molecule has 2 nitrogen and oxygen atoms in total. The molecule has 2 atom stereocenters. The predicted molar refractivity (Wildman–Crippen MR) is 45.1 cm³/mol. The molecule has 0 saturated carbocycles. The predicted octanol–water partition coefficient (Wildman–Crippen LogP) is 1.41. The molecule has 0 aromatic carbocycles. The average Bonchev–Trinajstić information content (AvgIpc) is 1.94. The molecule has 1 saturated heterocycles. The largest absolute Gasteiger partial charge is 0.356 e. The van der Waals surface area contributed by atoms with Gasteiger partial charge in [0.1, 0.15) is 0 Å². The lowest BCUT2D eigenvalue weighted by Gasteiger charge is -2.29. The Balaban J connectivity index is 2.46. The number of hydrogen-bond donors (Lipinski definition) is 1. The van der Waals surface area contributed by atoms with Gasteiger partial charge in [-0.1, -0.05) is 20.8 Å². The van der Waals surface area contributed by atoms with E-state index in [2.05, 4.69) is 19.2 Å². The summed E-state index contributed by atoms with van der Waals surface area (Å²) in [6, 6.07) is 0. The van der Waals surface area contributed by atoms with Crippen LogP contribution in [0.4, 0.5) is 0 Å². The zero-order valence-corrected chi connectivity index (χ0v) is 7.55. The van der Waals surface area contributed by atoms with Gasteiger partial charge in [0.2, 0.25) is 5.91 Å². The topological polar surface area (TPSA) is 29.1 Å². The third-order valence-corrected chi connectivity index (χ3v) is 2.59. The van der Waals surface area contributed by atoms with Crippen molar-refractivity contribution in [3.8, 4) is 0 Å². The highest BCUT2D eigenvalue weighted by molar-refractivity contribution is 5.78. The van der Waals surface area contributed by atoms with E-state index >= 15 is 0 Å². The first-order chi connectivity index (χ1) is 5.11. The normalized spacial score (nSPS) is 32.2. The van der Waals surface area contributed by atoms with Crippen LogP contribution in [-0.2, 0) is 4.79 Å². The molecule has 0 bridgehead atoms. The number of rotatable bonds is 1. The number of hydrogen-bond acceptors (Lipinski definition) is 1. The Hall–Kier alpha value is -0.530. The Bertz CT molecular complexity index is 154. The Morgan fingerprint density at radius 1 is 1.55 bits per heavy atom.